The number of aliphatic carboxylic acids is 1. The van der Waals surface area contributed by atoms with Crippen LogP contribution < -0.4 is 9.84 Å². The zero-order valence-corrected chi connectivity index (χ0v) is 19.2. The van der Waals surface area contributed by atoms with Crippen molar-refractivity contribution in [3.63, 3.8) is 0 Å². The molecule has 32 heavy (non-hydrogen) atoms. The second-order valence-corrected chi connectivity index (χ2v) is 9.41. The molecule has 8 heteroatoms. The molecule has 0 aliphatic carbocycles. The monoisotopic (exact) mass is 458 g/mol. The zero-order valence-electron chi connectivity index (χ0n) is 18.3. The molecule has 0 bridgehead atoms. The molecule has 2 N–H and O–H groups in total. The minimum Gasteiger partial charge on any atom is -0.481 e. The van der Waals surface area contributed by atoms with E-state index in [0.29, 0.717) is 12.8 Å². The molecule has 0 aliphatic rings. The Morgan fingerprint density at radius 2 is 1.62 bits per heavy atom. The number of carboxylic acid groups (broad SMARTS) is 1. The van der Waals surface area contributed by atoms with Gasteiger partial charge in [-0.25, -0.2) is 8.42 Å². The van der Waals surface area contributed by atoms with Crippen molar-refractivity contribution in [1.29, 1.82) is 0 Å². The Bertz CT molecular complexity index is 1010. The van der Waals surface area contributed by atoms with E-state index >= 15 is 0 Å². The Hall–Kier alpha value is -3.13. The third-order valence-electron chi connectivity index (χ3n) is 5.04. The smallest absolute Gasteiger partial charge is 0.307 e. The predicted octanol–water partition coefficient (Wildman–Crippen LogP) is 4.09. The van der Waals surface area contributed by atoms with Gasteiger partial charge in [0.2, 0.25) is 15.9 Å². The number of sulfonamides is 1. The van der Waals surface area contributed by atoms with Crippen molar-refractivity contribution in [3.8, 4) is 0 Å². The first-order valence-electron chi connectivity index (χ1n) is 10.5. The summed E-state index contributed by atoms with van der Waals surface area (Å²) in [6, 6.07) is 17.6. The normalized spacial score (nSPS) is 13.4. The molecular weight excluding hydrogens is 428 g/mol. The van der Waals surface area contributed by atoms with Crippen molar-refractivity contribution in [2.45, 2.75) is 32.6 Å². The Balaban J connectivity index is 2.26. The van der Waals surface area contributed by atoms with E-state index in [2.05, 4.69) is 5.43 Å². The summed E-state index contributed by atoms with van der Waals surface area (Å²) in [4.78, 5) is 25.2. The Labute approximate surface area is 189 Å². The highest BCUT2D eigenvalue weighted by atomic mass is 32.2. The van der Waals surface area contributed by atoms with Gasteiger partial charge >= 0.3 is 5.97 Å². The third-order valence-corrected chi connectivity index (χ3v) is 6.01. The highest BCUT2D eigenvalue weighted by Gasteiger charge is 2.34. The van der Waals surface area contributed by atoms with Crippen LogP contribution in [-0.4, -0.2) is 31.7 Å². The zero-order chi connectivity index (χ0) is 23.6. The molecule has 172 valence electrons. The van der Waals surface area contributed by atoms with Crippen LogP contribution in [-0.2, 0) is 19.6 Å². The lowest BCUT2D eigenvalue weighted by atomic mass is 9.84. The first kappa shape index (κ1) is 25.1. The maximum Gasteiger partial charge on any atom is 0.307 e. The molecule has 0 saturated carbocycles. The summed E-state index contributed by atoms with van der Waals surface area (Å²) in [5, 5.41) is 9.85. The molecule has 0 aromatic heterocycles. The average Bonchev–Trinajstić information content (AvgIpc) is 2.76. The van der Waals surface area contributed by atoms with Gasteiger partial charge in [0, 0.05) is 0 Å². The molecule has 2 atom stereocenters. The number of hydrogen-bond acceptors (Lipinski definition) is 4. The van der Waals surface area contributed by atoms with E-state index < -0.39 is 33.7 Å². The van der Waals surface area contributed by atoms with Crippen molar-refractivity contribution < 1.29 is 23.1 Å². The van der Waals surface area contributed by atoms with Crippen molar-refractivity contribution in [1.82, 2.24) is 5.43 Å². The van der Waals surface area contributed by atoms with Crippen LogP contribution >= 0.6 is 0 Å². The summed E-state index contributed by atoms with van der Waals surface area (Å²) in [7, 11) is -3.83. The number of unbranched alkanes of at least 4 members (excludes halogenated alkanes) is 1. The first-order valence-corrected chi connectivity index (χ1v) is 12.4. The summed E-state index contributed by atoms with van der Waals surface area (Å²) in [5.74, 6) is -3.60. The second kappa shape index (κ2) is 12.0. The number of carboxylic acids is 1. The summed E-state index contributed by atoms with van der Waals surface area (Å²) in [6.45, 7) is 1.95. The summed E-state index contributed by atoms with van der Waals surface area (Å²) < 4.78 is 25.4. The maximum absolute atomic E-state index is 13.2. The molecule has 0 saturated heterocycles. The molecule has 0 unspecified atom stereocenters. The van der Waals surface area contributed by atoms with E-state index in [1.54, 1.807) is 36.4 Å². The van der Waals surface area contributed by atoms with Crippen LogP contribution in [0, 0.1) is 11.8 Å². The van der Waals surface area contributed by atoms with Gasteiger partial charge in [-0.3, -0.25) is 15.0 Å². The van der Waals surface area contributed by atoms with E-state index in [1.807, 2.05) is 43.3 Å². The van der Waals surface area contributed by atoms with Gasteiger partial charge in [-0.15, -0.1) is 0 Å². The van der Waals surface area contributed by atoms with Crippen LogP contribution in [0.5, 0.6) is 0 Å². The number of nitrogens with zero attached hydrogens (tertiary/aromatic N) is 1. The van der Waals surface area contributed by atoms with Crippen LogP contribution in [0.3, 0.4) is 0 Å². The largest absolute Gasteiger partial charge is 0.481 e. The van der Waals surface area contributed by atoms with Gasteiger partial charge in [-0.2, -0.15) is 4.41 Å². The number of carbonyl (C=O) groups is 2. The molecule has 2 aromatic carbocycles. The minimum atomic E-state index is -3.83. The van der Waals surface area contributed by atoms with Crippen LogP contribution in [0.4, 0.5) is 5.69 Å². The lowest BCUT2D eigenvalue weighted by Gasteiger charge is -2.28. The third kappa shape index (κ3) is 7.53. The van der Waals surface area contributed by atoms with Crippen LogP contribution in [0.15, 0.2) is 66.7 Å². The molecule has 0 radical (unpaired) electrons. The maximum atomic E-state index is 13.2. The van der Waals surface area contributed by atoms with E-state index in [1.165, 1.54) is 0 Å². The highest BCUT2D eigenvalue weighted by Crippen LogP contribution is 2.25. The number of benzene rings is 2. The topological polar surface area (TPSA) is 104 Å². The number of nitrogens with one attached hydrogen (secondary N) is 1. The van der Waals surface area contributed by atoms with Gasteiger partial charge in [0.1, 0.15) is 0 Å². The minimum absolute atomic E-state index is 0.149. The first-order chi connectivity index (χ1) is 15.2. The van der Waals surface area contributed by atoms with Crippen molar-refractivity contribution >= 4 is 33.7 Å². The SMILES string of the molecule is CCCC[C@H](C(=O)NN(c1ccccc1)S(C)(=O)=O)[C@H](CC=Cc1ccccc1)C(=O)O. The van der Waals surface area contributed by atoms with Gasteiger partial charge in [-0.05, 0) is 30.5 Å². The fourth-order valence-corrected chi connectivity index (χ4v) is 4.14. The lowest BCUT2D eigenvalue weighted by molar-refractivity contribution is -0.147. The molecule has 1 amide bonds. The standard InChI is InChI=1S/C24H30N2O5S/c1-3-4-17-21(22(24(28)29)18-11-14-19-12-7-5-8-13-19)23(27)25-26(32(2,30)31)20-15-9-6-10-16-20/h5-16,21-22H,3-4,17-18H2,1-2H3,(H,25,27)(H,28,29)/t21-,22-/m0/s1. The molecule has 0 spiro atoms. The predicted molar refractivity (Wildman–Crippen MR) is 126 cm³/mol. The average molecular weight is 459 g/mol. The fraction of sp³-hybridized carbons (Fsp3) is 0.333. The van der Waals surface area contributed by atoms with Crippen molar-refractivity contribution in [3.05, 3.63) is 72.3 Å². The fourth-order valence-electron chi connectivity index (χ4n) is 3.38. The quantitative estimate of drug-likeness (QED) is 0.466. The summed E-state index contributed by atoms with van der Waals surface area (Å²) in [5.41, 5.74) is 3.65. The number of allylic oxidation sites excluding steroid dienone is 1. The van der Waals surface area contributed by atoms with E-state index in [-0.39, 0.29) is 12.1 Å². The lowest BCUT2D eigenvalue weighted by Crippen LogP contribution is -2.50. The van der Waals surface area contributed by atoms with Gasteiger partial charge in [0.25, 0.3) is 0 Å². The molecule has 2 rings (SSSR count). The van der Waals surface area contributed by atoms with Gasteiger partial charge in [0.15, 0.2) is 0 Å². The molecule has 0 aliphatic heterocycles. The van der Waals surface area contributed by atoms with Crippen molar-refractivity contribution in [2.24, 2.45) is 11.8 Å². The van der Waals surface area contributed by atoms with Gasteiger partial charge < -0.3 is 5.11 Å². The molecule has 7 nitrogen and oxygen atoms in total. The van der Waals surface area contributed by atoms with Crippen molar-refractivity contribution in [2.75, 3.05) is 10.7 Å². The molecule has 2 aromatic rings. The van der Waals surface area contributed by atoms with Crippen LogP contribution in [0.2, 0.25) is 0 Å². The number of carbonyl (C=O) groups excluding carboxylic acids is 1. The van der Waals surface area contributed by atoms with E-state index in [4.69, 9.17) is 0 Å². The summed E-state index contributed by atoms with van der Waals surface area (Å²) in [6.07, 6.45) is 6.46. The van der Waals surface area contributed by atoms with Gasteiger partial charge in [0.05, 0.1) is 23.8 Å². The van der Waals surface area contributed by atoms with E-state index in [0.717, 1.165) is 22.7 Å². The number of amides is 1. The van der Waals surface area contributed by atoms with E-state index in [9.17, 15) is 23.1 Å². The summed E-state index contributed by atoms with van der Waals surface area (Å²) >= 11 is 0. The number of para-hydroxylation sites is 1. The molecular formula is C24H30N2O5S. The number of hydrazine groups is 1. The Morgan fingerprint density at radius 1 is 1.03 bits per heavy atom. The molecule has 0 heterocycles. The second-order valence-electron chi connectivity index (χ2n) is 7.58. The number of rotatable bonds is 12. The Kier molecular flexibility index (Phi) is 9.46. The number of anilines is 1. The van der Waals surface area contributed by atoms with Crippen LogP contribution in [0.25, 0.3) is 6.08 Å². The number of hydrogen-bond donors (Lipinski definition) is 2. The Morgan fingerprint density at radius 3 is 2.16 bits per heavy atom. The van der Waals surface area contributed by atoms with Gasteiger partial charge in [-0.1, -0.05) is 80.4 Å². The highest BCUT2D eigenvalue weighted by molar-refractivity contribution is 7.92. The molecule has 0 fully saturated rings. The van der Waals surface area contributed by atoms with Crippen LogP contribution in [0.1, 0.15) is 38.2 Å².